The molecule has 0 radical (unpaired) electrons. The highest BCUT2D eigenvalue weighted by molar-refractivity contribution is 14.0. The Morgan fingerprint density at radius 3 is 2.54 bits per heavy atom. The van der Waals surface area contributed by atoms with Crippen LogP contribution in [0.2, 0.25) is 0 Å². The standard InChI is InChI=1S/C20H26FN3O3.HI/c1-3-22-20(23-12-15-6-4-5-7-19(15)26-2)24-13-17(25)14-27-18-10-8-16(21)9-11-18;/h4-11,17,25H,3,12-14H2,1-2H3,(H2,22,23,24);1H. The first-order chi connectivity index (χ1) is 13.1. The second-order valence-corrected chi connectivity index (χ2v) is 5.81. The summed E-state index contributed by atoms with van der Waals surface area (Å²) in [5, 5.41) is 16.3. The highest BCUT2D eigenvalue weighted by atomic mass is 127. The molecule has 0 aliphatic heterocycles. The molecule has 2 rings (SSSR count). The molecule has 1 atom stereocenters. The van der Waals surface area contributed by atoms with Crippen LogP contribution in [-0.4, -0.2) is 44.0 Å². The van der Waals surface area contributed by atoms with E-state index in [9.17, 15) is 9.50 Å². The fourth-order valence-corrected chi connectivity index (χ4v) is 2.34. The Bertz CT molecular complexity index is 729. The molecule has 8 heteroatoms. The van der Waals surface area contributed by atoms with Gasteiger partial charge in [-0.25, -0.2) is 9.38 Å². The van der Waals surface area contributed by atoms with Crippen LogP contribution in [0.4, 0.5) is 4.39 Å². The lowest BCUT2D eigenvalue weighted by atomic mass is 10.2. The minimum atomic E-state index is -0.745. The number of benzene rings is 2. The second-order valence-electron chi connectivity index (χ2n) is 5.81. The third kappa shape index (κ3) is 8.30. The molecule has 0 saturated carbocycles. The Hall–Kier alpha value is -2.07. The van der Waals surface area contributed by atoms with Gasteiger partial charge < -0.3 is 25.2 Å². The van der Waals surface area contributed by atoms with E-state index in [1.54, 1.807) is 7.11 Å². The summed E-state index contributed by atoms with van der Waals surface area (Å²) in [6.07, 6.45) is -0.745. The van der Waals surface area contributed by atoms with Crippen molar-refractivity contribution in [1.82, 2.24) is 10.6 Å². The van der Waals surface area contributed by atoms with Crippen LogP contribution in [0.3, 0.4) is 0 Å². The molecule has 0 fully saturated rings. The SMILES string of the molecule is CCNC(=NCc1ccccc1OC)NCC(O)COc1ccc(F)cc1.I. The second kappa shape index (κ2) is 13.2. The summed E-state index contributed by atoms with van der Waals surface area (Å²) in [6.45, 7) is 3.46. The van der Waals surface area contributed by atoms with Gasteiger partial charge >= 0.3 is 0 Å². The van der Waals surface area contributed by atoms with Crippen LogP contribution in [-0.2, 0) is 6.54 Å². The van der Waals surface area contributed by atoms with Crippen molar-refractivity contribution in [2.75, 3.05) is 26.8 Å². The third-order valence-corrected chi connectivity index (χ3v) is 3.71. The number of guanidine groups is 1. The molecule has 2 aromatic rings. The van der Waals surface area contributed by atoms with Crippen LogP contribution in [0.15, 0.2) is 53.5 Å². The predicted molar refractivity (Wildman–Crippen MR) is 119 cm³/mol. The van der Waals surface area contributed by atoms with Crippen LogP contribution < -0.4 is 20.1 Å². The van der Waals surface area contributed by atoms with Gasteiger partial charge in [0.05, 0.1) is 13.7 Å². The quantitative estimate of drug-likeness (QED) is 0.279. The summed E-state index contributed by atoms with van der Waals surface area (Å²) in [5.74, 6) is 1.55. The maximum absolute atomic E-state index is 12.9. The van der Waals surface area contributed by atoms with Gasteiger partial charge in [0.1, 0.15) is 30.0 Å². The van der Waals surface area contributed by atoms with E-state index in [1.807, 2.05) is 31.2 Å². The van der Waals surface area contributed by atoms with Crippen molar-refractivity contribution in [3.63, 3.8) is 0 Å². The van der Waals surface area contributed by atoms with E-state index in [2.05, 4.69) is 15.6 Å². The smallest absolute Gasteiger partial charge is 0.191 e. The van der Waals surface area contributed by atoms with Crippen LogP contribution in [0.1, 0.15) is 12.5 Å². The summed E-state index contributed by atoms with van der Waals surface area (Å²) in [6, 6.07) is 13.4. The van der Waals surface area contributed by atoms with Gasteiger partial charge in [0.15, 0.2) is 5.96 Å². The van der Waals surface area contributed by atoms with Gasteiger partial charge in [-0.3, -0.25) is 0 Å². The Kier molecular flexibility index (Phi) is 11.3. The van der Waals surface area contributed by atoms with Crippen molar-refractivity contribution in [3.8, 4) is 11.5 Å². The van der Waals surface area contributed by atoms with Crippen molar-refractivity contribution < 1.29 is 19.0 Å². The number of aliphatic imine (C=N–C) groups is 1. The molecule has 28 heavy (non-hydrogen) atoms. The summed E-state index contributed by atoms with van der Waals surface area (Å²) >= 11 is 0. The Morgan fingerprint density at radius 2 is 1.86 bits per heavy atom. The molecule has 0 aliphatic rings. The summed E-state index contributed by atoms with van der Waals surface area (Å²) < 4.78 is 23.6. The van der Waals surface area contributed by atoms with Gasteiger partial charge in [-0.15, -0.1) is 24.0 Å². The Labute approximate surface area is 182 Å². The van der Waals surface area contributed by atoms with Crippen LogP contribution in [0, 0.1) is 5.82 Å². The maximum atomic E-state index is 12.9. The molecular weight excluding hydrogens is 476 g/mol. The Balaban J connectivity index is 0.00000392. The number of hydrogen-bond acceptors (Lipinski definition) is 4. The van der Waals surface area contributed by atoms with Gasteiger partial charge in [0.2, 0.25) is 0 Å². The van der Waals surface area contributed by atoms with E-state index < -0.39 is 6.10 Å². The van der Waals surface area contributed by atoms with Crippen molar-refractivity contribution in [1.29, 1.82) is 0 Å². The monoisotopic (exact) mass is 503 g/mol. The number of ether oxygens (including phenoxy) is 2. The number of halogens is 2. The zero-order chi connectivity index (χ0) is 19.5. The van der Waals surface area contributed by atoms with Crippen molar-refractivity contribution in [3.05, 3.63) is 59.9 Å². The van der Waals surface area contributed by atoms with Crippen molar-refractivity contribution >= 4 is 29.9 Å². The van der Waals surface area contributed by atoms with Crippen molar-refractivity contribution in [2.24, 2.45) is 4.99 Å². The molecule has 154 valence electrons. The molecule has 0 aliphatic carbocycles. The normalized spacial score (nSPS) is 11.9. The predicted octanol–water partition coefficient (Wildman–Crippen LogP) is 2.95. The summed E-state index contributed by atoms with van der Waals surface area (Å²) in [5.41, 5.74) is 0.970. The zero-order valence-electron chi connectivity index (χ0n) is 16.0. The minimum Gasteiger partial charge on any atom is -0.496 e. The molecule has 0 aromatic heterocycles. The van der Waals surface area contributed by atoms with Gasteiger partial charge in [0.25, 0.3) is 0 Å². The lowest BCUT2D eigenvalue weighted by Gasteiger charge is -2.16. The number of nitrogens with one attached hydrogen (secondary N) is 2. The number of methoxy groups -OCH3 is 1. The number of aliphatic hydroxyl groups excluding tert-OH is 1. The molecule has 0 heterocycles. The first-order valence-corrected chi connectivity index (χ1v) is 8.83. The van der Waals surface area contributed by atoms with E-state index >= 15 is 0 Å². The van der Waals surface area contributed by atoms with Crippen LogP contribution in [0.5, 0.6) is 11.5 Å². The molecule has 6 nitrogen and oxygen atoms in total. The molecule has 0 bridgehead atoms. The average molecular weight is 503 g/mol. The largest absolute Gasteiger partial charge is 0.496 e. The van der Waals surface area contributed by atoms with Gasteiger partial charge in [-0.1, -0.05) is 18.2 Å². The lowest BCUT2D eigenvalue weighted by molar-refractivity contribution is 0.110. The number of para-hydroxylation sites is 1. The minimum absolute atomic E-state index is 0. The maximum Gasteiger partial charge on any atom is 0.191 e. The molecule has 3 N–H and O–H groups in total. The molecule has 0 saturated heterocycles. The lowest BCUT2D eigenvalue weighted by Crippen LogP contribution is -2.42. The van der Waals surface area contributed by atoms with Gasteiger partial charge in [0, 0.05) is 18.7 Å². The zero-order valence-corrected chi connectivity index (χ0v) is 18.4. The number of hydrogen-bond donors (Lipinski definition) is 3. The summed E-state index contributed by atoms with van der Waals surface area (Å²) in [4.78, 5) is 4.51. The summed E-state index contributed by atoms with van der Waals surface area (Å²) in [7, 11) is 1.63. The fourth-order valence-electron chi connectivity index (χ4n) is 2.34. The Morgan fingerprint density at radius 1 is 1.14 bits per heavy atom. The average Bonchev–Trinajstić information content (AvgIpc) is 2.69. The van der Waals surface area contributed by atoms with Gasteiger partial charge in [-0.2, -0.15) is 0 Å². The highest BCUT2D eigenvalue weighted by Gasteiger charge is 2.08. The number of aliphatic hydroxyl groups is 1. The van der Waals surface area contributed by atoms with E-state index in [1.165, 1.54) is 24.3 Å². The fraction of sp³-hybridized carbons (Fsp3) is 0.350. The third-order valence-electron chi connectivity index (χ3n) is 3.71. The van der Waals surface area contributed by atoms with E-state index in [0.717, 1.165) is 11.3 Å². The van der Waals surface area contributed by atoms with Crippen LogP contribution in [0.25, 0.3) is 0 Å². The topological polar surface area (TPSA) is 75.1 Å². The first-order valence-electron chi connectivity index (χ1n) is 8.83. The number of rotatable bonds is 9. The molecule has 1 unspecified atom stereocenters. The van der Waals surface area contributed by atoms with E-state index in [0.29, 0.717) is 24.8 Å². The molecule has 2 aromatic carbocycles. The number of nitrogens with zero attached hydrogens (tertiary/aromatic N) is 1. The molecular formula is C20H27FIN3O3. The van der Waals surface area contributed by atoms with Gasteiger partial charge in [-0.05, 0) is 37.3 Å². The van der Waals surface area contributed by atoms with Crippen molar-refractivity contribution in [2.45, 2.75) is 19.6 Å². The van der Waals surface area contributed by atoms with Crippen LogP contribution >= 0.6 is 24.0 Å². The highest BCUT2D eigenvalue weighted by Crippen LogP contribution is 2.17. The first kappa shape index (κ1) is 24.0. The van der Waals surface area contributed by atoms with E-state index in [4.69, 9.17) is 9.47 Å². The molecule has 0 spiro atoms. The molecule has 0 amide bonds. The van der Waals surface area contributed by atoms with E-state index in [-0.39, 0.29) is 42.9 Å².